The van der Waals surface area contributed by atoms with Crippen molar-refractivity contribution in [2.45, 2.75) is 52.4 Å². The van der Waals surface area contributed by atoms with Crippen molar-refractivity contribution in [3.63, 3.8) is 0 Å². The molecule has 1 aromatic rings. The van der Waals surface area contributed by atoms with Crippen LogP contribution in [0.4, 0.5) is 0 Å². The van der Waals surface area contributed by atoms with Gasteiger partial charge in [0, 0.05) is 12.0 Å². The van der Waals surface area contributed by atoms with Crippen molar-refractivity contribution in [2.75, 3.05) is 7.05 Å². The molecule has 106 valence electrons. The van der Waals surface area contributed by atoms with E-state index in [1.165, 1.54) is 11.1 Å². The average molecular weight is 261 g/mol. The highest BCUT2D eigenvalue weighted by Crippen LogP contribution is 2.35. The highest BCUT2D eigenvalue weighted by Gasteiger charge is 2.41. The number of benzene rings is 1. The number of hydrogen-bond donors (Lipinski definition) is 1. The summed E-state index contributed by atoms with van der Waals surface area (Å²) < 4.78 is 6.00. The molecule has 0 saturated carbocycles. The normalized spacial score (nSPS) is 32.5. The number of ether oxygens (including phenoxy) is 1. The summed E-state index contributed by atoms with van der Waals surface area (Å²) in [6.45, 7) is 8.93. The largest absolute Gasteiger partial charge is 0.375 e. The van der Waals surface area contributed by atoms with Gasteiger partial charge in [-0.15, -0.1) is 0 Å². The molecule has 1 fully saturated rings. The molecular formula is C17H27NO. The molecule has 1 aliphatic heterocycles. The molecule has 1 aliphatic rings. The molecule has 1 heterocycles. The Morgan fingerprint density at radius 1 is 1.16 bits per heavy atom. The van der Waals surface area contributed by atoms with Crippen molar-refractivity contribution in [2.24, 2.45) is 11.8 Å². The lowest BCUT2D eigenvalue weighted by atomic mass is 9.80. The number of likely N-dealkylation sites (N-methyl/N-ethyl adjacent to an activating group) is 1. The molecule has 19 heavy (non-hydrogen) atoms. The predicted octanol–water partition coefficient (Wildman–Crippen LogP) is 3.19. The summed E-state index contributed by atoms with van der Waals surface area (Å²) >= 11 is 0. The summed E-state index contributed by atoms with van der Waals surface area (Å²) in [6, 6.07) is 9.17. The maximum absolute atomic E-state index is 6.00. The maximum Gasteiger partial charge on any atom is 0.0597 e. The second-order valence-electron chi connectivity index (χ2n) is 6.01. The Kier molecular flexibility index (Phi) is 4.64. The molecule has 0 spiro atoms. The van der Waals surface area contributed by atoms with Crippen LogP contribution in [0.5, 0.6) is 0 Å². The topological polar surface area (TPSA) is 21.3 Å². The second kappa shape index (κ2) is 6.06. The van der Waals surface area contributed by atoms with E-state index in [-0.39, 0.29) is 0 Å². The molecule has 0 aliphatic carbocycles. The Morgan fingerprint density at radius 2 is 1.84 bits per heavy atom. The first-order valence-electron chi connectivity index (χ1n) is 7.41. The minimum absolute atomic E-state index is 0.339. The fourth-order valence-corrected chi connectivity index (χ4v) is 3.49. The lowest BCUT2D eigenvalue weighted by Gasteiger charge is -2.29. The molecule has 2 heteroatoms. The zero-order valence-corrected chi connectivity index (χ0v) is 12.8. The molecule has 2 rings (SSSR count). The molecule has 0 bridgehead atoms. The summed E-state index contributed by atoms with van der Waals surface area (Å²) in [6.07, 6.45) is 1.79. The van der Waals surface area contributed by atoms with Gasteiger partial charge in [0.15, 0.2) is 0 Å². The van der Waals surface area contributed by atoms with Gasteiger partial charge < -0.3 is 10.1 Å². The minimum Gasteiger partial charge on any atom is -0.375 e. The molecule has 1 saturated heterocycles. The maximum atomic E-state index is 6.00. The number of aryl methyl sites for hydroxylation is 1. The lowest BCUT2D eigenvalue weighted by molar-refractivity contribution is 0.0479. The summed E-state index contributed by atoms with van der Waals surface area (Å²) in [4.78, 5) is 0. The van der Waals surface area contributed by atoms with Crippen molar-refractivity contribution < 1.29 is 4.74 Å². The molecule has 1 N–H and O–H groups in total. The standard InChI is InChI=1S/C17H27NO/c1-11-8-6-7-9-15(11)10-16(18-5)17-12(2)13(3)19-14(17)4/h6-9,12-14,16-18H,10H2,1-5H3. The van der Waals surface area contributed by atoms with Gasteiger partial charge in [-0.2, -0.15) is 0 Å². The van der Waals surface area contributed by atoms with Gasteiger partial charge in [0.25, 0.3) is 0 Å². The average Bonchev–Trinajstić information content (AvgIpc) is 2.63. The Labute approximate surface area is 117 Å². The summed E-state index contributed by atoms with van der Waals surface area (Å²) in [7, 11) is 2.07. The Hall–Kier alpha value is -0.860. The van der Waals surface area contributed by atoms with E-state index in [2.05, 4.69) is 64.3 Å². The van der Waals surface area contributed by atoms with Gasteiger partial charge in [0.05, 0.1) is 12.2 Å². The van der Waals surface area contributed by atoms with E-state index in [9.17, 15) is 0 Å². The zero-order valence-electron chi connectivity index (χ0n) is 12.8. The van der Waals surface area contributed by atoms with Crippen molar-refractivity contribution in [1.29, 1.82) is 0 Å². The minimum atomic E-state index is 0.339. The summed E-state index contributed by atoms with van der Waals surface area (Å²) in [5.41, 5.74) is 2.83. The molecular weight excluding hydrogens is 234 g/mol. The van der Waals surface area contributed by atoms with Crippen LogP contribution in [0.15, 0.2) is 24.3 Å². The molecule has 0 aromatic heterocycles. The smallest absolute Gasteiger partial charge is 0.0597 e. The quantitative estimate of drug-likeness (QED) is 0.899. The Bertz CT molecular complexity index is 417. The van der Waals surface area contributed by atoms with Gasteiger partial charge in [0.2, 0.25) is 0 Å². The Morgan fingerprint density at radius 3 is 2.37 bits per heavy atom. The van der Waals surface area contributed by atoms with Crippen LogP contribution in [0.1, 0.15) is 31.9 Å². The van der Waals surface area contributed by atoms with Crippen LogP contribution in [0.3, 0.4) is 0 Å². The highest BCUT2D eigenvalue weighted by molar-refractivity contribution is 5.26. The third-order valence-electron chi connectivity index (χ3n) is 4.86. The second-order valence-corrected chi connectivity index (χ2v) is 6.01. The Balaban J connectivity index is 2.15. The van der Waals surface area contributed by atoms with Gasteiger partial charge in [0.1, 0.15) is 0 Å². The third-order valence-corrected chi connectivity index (χ3v) is 4.86. The highest BCUT2D eigenvalue weighted by atomic mass is 16.5. The first kappa shape index (κ1) is 14.5. The number of hydrogen-bond acceptors (Lipinski definition) is 2. The van der Waals surface area contributed by atoms with Gasteiger partial charge in [-0.05, 0) is 51.3 Å². The van der Waals surface area contributed by atoms with E-state index >= 15 is 0 Å². The van der Waals surface area contributed by atoms with Crippen LogP contribution in [-0.4, -0.2) is 25.3 Å². The van der Waals surface area contributed by atoms with Crippen molar-refractivity contribution in [3.05, 3.63) is 35.4 Å². The predicted molar refractivity (Wildman–Crippen MR) is 80.4 cm³/mol. The monoisotopic (exact) mass is 261 g/mol. The van der Waals surface area contributed by atoms with E-state index in [0.29, 0.717) is 30.1 Å². The lowest BCUT2D eigenvalue weighted by Crippen LogP contribution is -2.41. The molecule has 1 aromatic carbocycles. The molecule has 0 radical (unpaired) electrons. The van der Waals surface area contributed by atoms with E-state index < -0.39 is 0 Å². The third kappa shape index (κ3) is 3.01. The van der Waals surface area contributed by atoms with E-state index in [4.69, 9.17) is 4.74 Å². The first-order valence-corrected chi connectivity index (χ1v) is 7.41. The van der Waals surface area contributed by atoms with E-state index in [1.54, 1.807) is 0 Å². The van der Waals surface area contributed by atoms with Crippen molar-refractivity contribution in [3.8, 4) is 0 Å². The van der Waals surface area contributed by atoms with E-state index in [1.807, 2.05) is 0 Å². The van der Waals surface area contributed by atoms with Crippen LogP contribution >= 0.6 is 0 Å². The van der Waals surface area contributed by atoms with Gasteiger partial charge >= 0.3 is 0 Å². The van der Waals surface area contributed by atoms with E-state index in [0.717, 1.165) is 6.42 Å². The fourth-order valence-electron chi connectivity index (χ4n) is 3.49. The van der Waals surface area contributed by atoms with Crippen LogP contribution in [-0.2, 0) is 11.2 Å². The van der Waals surface area contributed by atoms with Crippen molar-refractivity contribution >= 4 is 0 Å². The van der Waals surface area contributed by atoms with Crippen LogP contribution in [0.25, 0.3) is 0 Å². The zero-order chi connectivity index (χ0) is 14.0. The fraction of sp³-hybridized carbons (Fsp3) is 0.647. The van der Waals surface area contributed by atoms with Gasteiger partial charge in [-0.3, -0.25) is 0 Å². The van der Waals surface area contributed by atoms with Gasteiger partial charge in [-0.25, -0.2) is 0 Å². The van der Waals surface area contributed by atoms with Crippen LogP contribution < -0.4 is 5.32 Å². The summed E-state index contributed by atoms with van der Waals surface area (Å²) in [5, 5.41) is 3.52. The van der Waals surface area contributed by atoms with Crippen molar-refractivity contribution in [1.82, 2.24) is 5.32 Å². The molecule has 2 nitrogen and oxygen atoms in total. The SMILES string of the molecule is CNC(Cc1ccccc1C)C1C(C)OC(C)C1C. The summed E-state index contributed by atoms with van der Waals surface area (Å²) in [5.74, 6) is 1.19. The molecule has 5 atom stereocenters. The first-order chi connectivity index (χ1) is 9.04. The van der Waals surface area contributed by atoms with Gasteiger partial charge in [-0.1, -0.05) is 31.2 Å². The molecule has 5 unspecified atom stereocenters. The molecule has 0 amide bonds. The number of nitrogens with one attached hydrogen (secondary N) is 1. The number of rotatable bonds is 4. The van der Waals surface area contributed by atoms with Crippen LogP contribution in [0, 0.1) is 18.8 Å². The van der Waals surface area contributed by atoms with Crippen LogP contribution in [0.2, 0.25) is 0 Å².